The quantitative estimate of drug-likeness (QED) is 0.851. The molecule has 6 heteroatoms. The highest BCUT2D eigenvalue weighted by Gasteiger charge is 2.33. The third-order valence-corrected chi connectivity index (χ3v) is 5.27. The minimum Gasteiger partial charge on any atom is -0.489 e. The highest BCUT2D eigenvalue weighted by atomic mass is 16.5. The molecule has 0 radical (unpaired) electrons. The van der Waals surface area contributed by atoms with Crippen molar-refractivity contribution in [3.63, 3.8) is 0 Å². The molecule has 3 heterocycles. The van der Waals surface area contributed by atoms with Crippen LogP contribution in [0.25, 0.3) is 0 Å². The van der Waals surface area contributed by atoms with E-state index in [4.69, 9.17) is 4.74 Å². The Labute approximate surface area is 141 Å². The van der Waals surface area contributed by atoms with Crippen LogP contribution in [0.3, 0.4) is 0 Å². The van der Waals surface area contributed by atoms with E-state index in [-0.39, 0.29) is 18.1 Å². The molecule has 0 N–H and O–H groups in total. The van der Waals surface area contributed by atoms with Crippen LogP contribution >= 0.6 is 0 Å². The Hall–Kier alpha value is -2.37. The molecule has 2 aliphatic rings. The Kier molecular flexibility index (Phi) is 3.75. The number of hydrogen-bond donors (Lipinski definition) is 0. The number of fused-ring (bicyclic) bond motifs is 1. The van der Waals surface area contributed by atoms with Crippen LogP contribution in [0, 0.1) is 0 Å². The molecular formula is C18H22N4O2. The van der Waals surface area contributed by atoms with Crippen molar-refractivity contribution in [2.45, 2.75) is 44.8 Å². The summed E-state index contributed by atoms with van der Waals surface area (Å²) in [5, 5.41) is 4.23. The predicted octanol–water partition coefficient (Wildman–Crippen LogP) is 2.64. The Morgan fingerprint density at radius 1 is 1.33 bits per heavy atom. The van der Waals surface area contributed by atoms with Crippen molar-refractivity contribution in [3.05, 3.63) is 42.0 Å². The molecule has 3 unspecified atom stereocenters. The van der Waals surface area contributed by atoms with E-state index in [2.05, 4.69) is 30.0 Å². The van der Waals surface area contributed by atoms with Gasteiger partial charge in [0.2, 0.25) is 0 Å². The number of hydrogen-bond acceptors (Lipinski definition) is 4. The molecule has 4 rings (SSSR count). The zero-order valence-electron chi connectivity index (χ0n) is 14.1. The number of piperidine rings is 1. The lowest BCUT2D eigenvalue weighted by Gasteiger charge is -2.33. The van der Waals surface area contributed by atoms with Gasteiger partial charge in [0, 0.05) is 24.6 Å². The molecule has 24 heavy (non-hydrogen) atoms. The van der Waals surface area contributed by atoms with Crippen molar-refractivity contribution in [1.29, 1.82) is 0 Å². The molecule has 2 aromatic rings. The Balaban J connectivity index is 1.59. The number of para-hydroxylation sites is 1. The first-order valence-electron chi connectivity index (χ1n) is 8.58. The molecule has 1 saturated heterocycles. The number of aromatic nitrogens is 3. The lowest BCUT2D eigenvalue weighted by atomic mass is 9.96. The highest BCUT2D eigenvalue weighted by molar-refractivity contribution is 5.97. The molecule has 0 saturated carbocycles. The minimum atomic E-state index is 0.0537. The van der Waals surface area contributed by atoms with Crippen molar-refractivity contribution in [3.8, 4) is 5.75 Å². The Morgan fingerprint density at radius 3 is 3.00 bits per heavy atom. The van der Waals surface area contributed by atoms with Crippen LogP contribution in [0.2, 0.25) is 0 Å². The van der Waals surface area contributed by atoms with E-state index < -0.39 is 0 Å². The topological polar surface area (TPSA) is 60.2 Å². The molecule has 0 bridgehead atoms. The molecule has 1 fully saturated rings. The van der Waals surface area contributed by atoms with Crippen molar-refractivity contribution < 1.29 is 9.53 Å². The van der Waals surface area contributed by atoms with Crippen molar-refractivity contribution >= 4 is 5.91 Å². The number of benzene rings is 1. The lowest BCUT2D eigenvalue weighted by molar-refractivity contribution is 0.0667. The van der Waals surface area contributed by atoms with Gasteiger partial charge in [-0.05, 0) is 25.8 Å². The number of carbonyl (C=O) groups is 1. The van der Waals surface area contributed by atoms with Crippen LogP contribution in [-0.4, -0.2) is 44.8 Å². The van der Waals surface area contributed by atoms with Crippen LogP contribution < -0.4 is 4.74 Å². The zero-order valence-corrected chi connectivity index (χ0v) is 14.1. The first-order valence-corrected chi connectivity index (χ1v) is 8.58. The molecule has 1 aromatic carbocycles. The van der Waals surface area contributed by atoms with E-state index >= 15 is 0 Å². The molecule has 1 aromatic heterocycles. The molecule has 1 amide bonds. The number of carbonyl (C=O) groups excluding carboxylic acids is 1. The van der Waals surface area contributed by atoms with E-state index in [1.165, 1.54) is 0 Å². The normalized spacial score (nSPS) is 26.1. The monoisotopic (exact) mass is 326 g/mol. The van der Waals surface area contributed by atoms with E-state index in [0.717, 1.165) is 30.7 Å². The molecule has 6 nitrogen and oxygen atoms in total. The van der Waals surface area contributed by atoms with E-state index in [9.17, 15) is 4.79 Å². The molecule has 0 aliphatic carbocycles. The van der Waals surface area contributed by atoms with Gasteiger partial charge in [0.05, 0.1) is 11.6 Å². The fraction of sp³-hybridized carbons (Fsp3) is 0.500. The average molecular weight is 326 g/mol. The van der Waals surface area contributed by atoms with Gasteiger partial charge in [-0.25, -0.2) is 9.67 Å². The highest BCUT2D eigenvalue weighted by Crippen LogP contribution is 2.40. The first kappa shape index (κ1) is 15.2. The van der Waals surface area contributed by atoms with Gasteiger partial charge in [-0.15, -0.1) is 0 Å². The average Bonchev–Trinajstić information content (AvgIpc) is 3.24. The minimum absolute atomic E-state index is 0.0537. The number of nitrogens with zero attached hydrogens (tertiary/aromatic N) is 4. The number of ether oxygens (including phenoxy) is 1. The maximum atomic E-state index is 13.1. The van der Waals surface area contributed by atoms with Crippen LogP contribution in [0.15, 0.2) is 30.9 Å². The van der Waals surface area contributed by atoms with Crippen molar-refractivity contribution in [1.82, 2.24) is 19.7 Å². The Morgan fingerprint density at radius 2 is 2.21 bits per heavy atom. The van der Waals surface area contributed by atoms with Gasteiger partial charge in [-0.3, -0.25) is 4.79 Å². The largest absolute Gasteiger partial charge is 0.489 e. The molecule has 3 atom stereocenters. The SMILES string of the molecule is CC1Oc2c(C(=O)N3CCCC(n4cncn4)C3)cccc2C1C. The predicted molar refractivity (Wildman–Crippen MR) is 89.1 cm³/mol. The van der Waals surface area contributed by atoms with E-state index in [1.807, 2.05) is 21.7 Å². The van der Waals surface area contributed by atoms with Crippen LogP contribution in [0.4, 0.5) is 0 Å². The number of amides is 1. The maximum Gasteiger partial charge on any atom is 0.257 e. The van der Waals surface area contributed by atoms with Gasteiger partial charge < -0.3 is 9.64 Å². The van der Waals surface area contributed by atoms with E-state index in [0.29, 0.717) is 18.0 Å². The van der Waals surface area contributed by atoms with E-state index in [1.54, 1.807) is 12.7 Å². The Bertz CT molecular complexity index is 743. The van der Waals surface area contributed by atoms with Gasteiger partial charge in [0.1, 0.15) is 24.5 Å². The summed E-state index contributed by atoms with van der Waals surface area (Å²) in [6.07, 6.45) is 5.37. The third kappa shape index (κ3) is 2.46. The summed E-state index contributed by atoms with van der Waals surface area (Å²) in [5.74, 6) is 1.14. The third-order valence-electron chi connectivity index (χ3n) is 5.27. The van der Waals surface area contributed by atoms with Crippen LogP contribution in [-0.2, 0) is 0 Å². The van der Waals surface area contributed by atoms with Gasteiger partial charge >= 0.3 is 0 Å². The fourth-order valence-corrected chi connectivity index (χ4v) is 3.69. The second kappa shape index (κ2) is 5.92. The zero-order chi connectivity index (χ0) is 16.7. The van der Waals surface area contributed by atoms with Gasteiger partial charge in [-0.2, -0.15) is 5.10 Å². The van der Waals surface area contributed by atoms with Crippen LogP contribution in [0.1, 0.15) is 54.6 Å². The summed E-state index contributed by atoms with van der Waals surface area (Å²) in [6, 6.07) is 6.10. The maximum absolute atomic E-state index is 13.1. The summed E-state index contributed by atoms with van der Waals surface area (Å²) in [6.45, 7) is 5.64. The lowest BCUT2D eigenvalue weighted by Crippen LogP contribution is -2.41. The van der Waals surface area contributed by atoms with Crippen LogP contribution in [0.5, 0.6) is 5.75 Å². The van der Waals surface area contributed by atoms with Gasteiger partial charge in [0.15, 0.2) is 0 Å². The summed E-state index contributed by atoms with van der Waals surface area (Å²) in [7, 11) is 0. The number of likely N-dealkylation sites (tertiary alicyclic amines) is 1. The molecule has 126 valence electrons. The van der Waals surface area contributed by atoms with Crippen molar-refractivity contribution in [2.75, 3.05) is 13.1 Å². The second-order valence-corrected chi connectivity index (χ2v) is 6.76. The first-order chi connectivity index (χ1) is 11.6. The standard InChI is InChI=1S/C18H22N4O2/c1-12-13(2)24-17-15(12)6-3-7-16(17)18(23)21-8-4-5-14(9-21)22-11-19-10-20-22/h3,6-7,10-14H,4-5,8-9H2,1-2H3. The summed E-state index contributed by atoms with van der Waals surface area (Å²) in [4.78, 5) is 19.0. The molecule has 0 spiro atoms. The second-order valence-electron chi connectivity index (χ2n) is 6.76. The fourth-order valence-electron chi connectivity index (χ4n) is 3.69. The summed E-state index contributed by atoms with van der Waals surface area (Å²) < 4.78 is 7.84. The molecule has 2 aliphatic heterocycles. The number of rotatable bonds is 2. The smallest absolute Gasteiger partial charge is 0.257 e. The summed E-state index contributed by atoms with van der Waals surface area (Å²) >= 11 is 0. The van der Waals surface area contributed by atoms with Gasteiger partial charge in [0.25, 0.3) is 5.91 Å². The summed E-state index contributed by atoms with van der Waals surface area (Å²) in [5.41, 5.74) is 1.82. The van der Waals surface area contributed by atoms with Gasteiger partial charge in [-0.1, -0.05) is 19.1 Å². The molecular weight excluding hydrogens is 304 g/mol. The van der Waals surface area contributed by atoms with Crippen molar-refractivity contribution in [2.24, 2.45) is 0 Å².